The number of hydrogen-bond acceptors (Lipinski definition) is 7. The third kappa shape index (κ3) is 4.51. The number of hydrogen-bond donors (Lipinski definition) is 2. The predicted octanol–water partition coefficient (Wildman–Crippen LogP) is 3.70. The molecule has 172 valence electrons. The number of carbonyl (C=O) groups is 1. The normalized spacial score (nSPS) is 14.9. The summed E-state index contributed by atoms with van der Waals surface area (Å²) in [6.07, 6.45) is 0.0537. The molecule has 0 spiro atoms. The Hall–Kier alpha value is -3.53. The topological polar surface area (TPSA) is 103 Å². The number of rotatable bonds is 7. The number of anilines is 1. The number of nitrogens with zero attached hydrogens (tertiary/aromatic N) is 1. The van der Waals surface area contributed by atoms with Crippen molar-refractivity contribution in [2.45, 2.75) is 23.2 Å². The van der Waals surface area contributed by atoms with E-state index >= 15 is 0 Å². The molecule has 1 amide bonds. The lowest BCUT2D eigenvalue weighted by molar-refractivity contribution is -0.116. The molecule has 0 aliphatic carbocycles. The fourth-order valence-electron chi connectivity index (χ4n) is 3.77. The van der Waals surface area contributed by atoms with E-state index in [1.807, 2.05) is 0 Å². The summed E-state index contributed by atoms with van der Waals surface area (Å²) < 4.78 is 30.1. The number of H-pyrrole nitrogens is 1. The van der Waals surface area contributed by atoms with Crippen molar-refractivity contribution in [3.05, 3.63) is 69.3 Å². The lowest BCUT2D eigenvalue weighted by Gasteiger charge is -2.25. The molecule has 0 radical (unpaired) electrons. The van der Waals surface area contributed by atoms with Gasteiger partial charge in [0.2, 0.25) is 11.7 Å². The number of methoxy groups -OCH3 is 3. The van der Waals surface area contributed by atoms with Crippen LogP contribution in [0.5, 0.6) is 17.2 Å². The Morgan fingerprint density at radius 2 is 1.79 bits per heavy atom. The molecule has 3 aromatic rings. The first-order chi connectivity index (χ1) is 15.9. The van der Waals surface area contributed by atoms with Crippen LogP contribution in [0, 0.1) is 5.82 Å². The van der Waals surface area contributed by atoms with Crippen LogP contribution in [0.2, 0.25) is 0 Å². The van der Waals surface area contributed by atoms with Gasteiger partial charge in [-0.15, -0.1) is 0 Å². The average molecular weight is 472 g/mol. The smallest absolute Gasteiger partial charge is 0.257 e. The van der Waals surface area contributed by atoms with E-state index in [9.17, 15) is 14.0 Å². The maximum Gasteiger partial charge on any atom is 0.257 e. The summed E-state index contributed by atoms with van der Waals surface area (Å²) in [7, 11) is 4.49. The molecular weight excluding hydrogens is 449 g/mol. The number of ether oxygens (including phenoxy) is 3. The van der Waals surface area contributed by atoms with E-state index in [0.29, 0.717) is 33.9 Å². The van der Waals surface area contributed by atoms with Crippen LogP contribution >= 0.6 is 11.8 Å². The standard InChI is InChI=1S/C23H22FN3O5S/c1-30-16-8-13(9-17(31-2)20(16)32-3)14-10-18(28)25-21-19(14)22(29)27-23(26-21)33-11-12-6-4-5-7-15(12)24/h4-9,14H,10-11H2,1-3H3,(H2,25,26,27,28,29)/t14-/m0/s1. The number of fused-ring (bicyclic) bond motifs is 1. The van der Waals surface area contributed by atoms with Gasteiger partial charge >= 0.3 is 0 Å². The molecule has 1 atom stereocenters. The molecule has 2 heterocycles. The molecule has 10 heteroatoms. The summed E-state index contributed by atoms with van der Waals surface area (Å²) >= 11 is 1.18. The fraction of sp³-hybridized carbons (Fsp3) is 0.261. The minimum atomic E-state index is -0.565. The van der Waals surface area contributed by atoms with E-state index in [1.165, 1.54) is 39.2 Å². The Balaban J connectivity index is 1.72. The first kappa shape index (κ1) is 22.7. The Labute approximate surface area is 193 Å². The Morgan fingerprint density at radius 3 is 2.42 bits per heavy atom. The molecule has 0 bridgehead atoms. The van der Waals surface area contributed by atoms with E-state index in [4.69, 9.17) is 14.2 Å². The van der Waals surface area contributed by atoms with Crippen molar-refractivity contribution >= 4 is 23.5 Å². The highest BCUT2D eigenvalue weighted by molar-refractivity contribution is 7.98. The number of halogens is 1. The van der Waals surface area contributed by atoms with Crippen LogP contribution < -0.4 is 25.1 Å². The molecule has 0 fully saturated rings. The zero-order valence-corrected chi connectivity index (χ0v) is 19.0. The number of amides is 1. The molecule has 4 rings (SSSR count). The molecular formula is C23H22FN3O5S. The summed E-state index contributed by atoms with van der Waals surface area (Å²) in [5.74, 6) is 0.538. The highest BCUT2D eigenvalue weighted by Gasteiger charge is 2.32. The van der Waals surface area contributed by atoms with E-state index in [1.54, 1.807) is 30.3 Å². The summed E-state index contributed by atoms with van der Waals surface area (Å²) in [6.45, 7) is 0. The molecule has 0 saturated carbocycles. The number of benzene rings is 2. The lowest BCUT2D eigenvalue weighted by Crippen LogP contribution is -2.31. The molecule has 1 aromatic heterocycles. The highest BCUT2D eigenvalue weighted by Crippen LogP contribution is 2.43. The number of aromatic nitrogens is 2. The first-order valence-electron chi connectivity index (χ1n) is 10.0. The van der Waals surface area contributed by atoms with Crippen molar-refractivity contribution in [2.24, 2.45) is 0 Å². The van der Waals surface area contributed by atoms with Gasteiger partial charge in [-0.2, -0.15) is 0 Å². The van der Waals surface area contributed by atoms with E-state index in [0.717, 1.165) is 0 Å². The molecule has 2 aromatic carbocycles. The van der Waals surface area contributed by atoms with Gasteiger partial charge in [-0.3, -0.25) is 9.59 Å². The molecule has 0 unspecified atom stereocenters. The SMILES string of the molecule is COc1cc([C@@H]2CC(=O)Nc3nc(SCc4ccccc4F)[nH]c(=O)c32)cc(OC)c1OC. The van der Waals surface area contributed by atoms with Crippen LogP contribution in [-0.2, 0) is 10.5 Å². The average Bonchev–Trinajstić information content (AvgIpc) is 2.81. The molecule has 2 N–H and O–H groups in total. The third-order valence-electron chi connectivity index (χ3n) is 5.34. The molecule has 1 aliphatic rings. The summed E-state index contributed by atoms with van der Waals surface area (Å²) in [5.41, 5.74) is 1.09. The van der Waals surface area contributed by atoms with Crippen molar-refractivity contribution in [1.82, 2.24) is 9.97 Å². The third-order valence-corrected chi connectivity index (χ3v) is 6.26. The van der Waals surface area contributed by atoms with Gasteiger partial charge in [0.05, 0.1) is 26.9 Å². The van der Waals surface area contributed by atoms with Gasteiger partial charge in [0.1, 0.15) is 11.6 Å². The highest BCUT2D eigenvalue weighted by atomic mass is 32.2. The van der Waals surface area contributed by atoms with Gasteiger partial charge in [-0.25, -0.2) is 9.37 Å². The van der Waals surface area contributed by atoms with Gasteiger partial charge in [-0.1, -0.05) is 30.0 Å². The quantitative estimate of drug-likeness (QED) is 0.400. The zero-order chi connectivity index (χ0) is 23.5. The van der Waals surface area contributed by atoms with Crippen LogP contribution in [0.25, 0.3) is 0 Å². The van der Waals surface area contributed by atoms with E-state index in [-0.39, 0.29) is 40.4 Å². The number of thioether (sulfide) groups is 1. The Bertz CT molecular complexity index is 1240. The van der Waals surface area contributed by atoms with E-state index < -0.39 is 5.92 Å². The Morgan fingerprint density at radius 1 is 1.09 bits per heavy atom. The lowest BCUT2D eigenvalue weighted by atomic mass is 9.86. The fourth-order valence-corrected chi connectivity index (χ4v) is 4.61. The van der Waals surface area contributed by atoms with Gasteiger partial charge in [-0.05, 0) is 29.3 Å². The van der Waals surface area contributed by atoms with Crippen LogP contribution in [0.3, 0.4) is 0 Å². The van der Waals surface area contributed by atoms with Crippen LogP contribution in [0.15, 0.2) is 46.3 Å². The molecule has 0 saturated heterocycles. The number of carbonyl (C=O) groups excluding carboxylic acids is 1. The molecule has 8 nitrogen and oxygen atoms in total. The van der Waals surface area contributed by atoms with Gasteiger partial charge < -0.3 is 24.5 Å². The van der Waals surface area contributed by atoms with Crippen molar-refractivity contribution in [2.75, 3.05) is 26.6 Å². The van der Waals surface area contributed by atoms with Crippen molar-refractivity contribution in [1.29, 1.82) is 0 Å². The minimum Gasteiger partial charge on any atom is -0.493 e. The molecule has 1 aliphatic heterocycles. The number of aromatic amines is 1. The number of nitrogens with one attached hydrogen (secondary N) is 2. The van der Waals surface area contributed by atoms with Crippen LogP contribution in [0.1, 0.15) is 29.0 Å². The van der Waals surface area contributed by atoms with Gasteiger partial charge in [0, 0.05) is 18.1 Å². The maximum absolute atomic E-state index is 13.9. The predicted molar refractivity (Wildman–Crippen MR) is 122 cm³/mol. The van der Waals surface area contributed by atoms with Crippen LogP contribution in [0.4, 0.5) is 10.2 Å². The van der Waals surface area contributed by atoms with Crippen molar-refractivity contribution in [3.8, 4) is 17.2 Å². The zero-order valence-electron chi connectivity index (χ0n) is 18.2. The second-order valence-electron chi connectivity index (χ2n) is 7.28. The van der Waals surface area contributed by atoms with E-state index in [2.05, 4.69) is 15.3 Å². The summed E-state index contributed by atoms with van der Waals surface area (Å²) in [5, 5.41) is 2.97. The van der Waals surface area contributed by atoms with Gasteiger partial charge in [0.15, 0.2) is 16.7 Å². The molecule has 33 heavy (non-hydrogen) atoms. The van der Waals surface area contributed by atoms with Crippen LogP contribution in [-0.4, -0.2) is 37.2 Å². The second-order valence-corrected chi connectivity index (χ2v) is 8.24. The van der Waals surface area contributed by atoms with Crippen molar-refractivity contribution < 1.29 is 23.4 Å². The minimum absolute atomic E-state index is 0.0537. The Kier molecular flexibility index (Phi) is 6.55. The summed E-state index contributed by atoms with van der Waals surface area (Å²) in [6, 6.07) is 9.83. The largest absolute Gasteiger partial charge is 0.493 e. The second kappa shape index (κ2) is 9.53. The summed E-state index contributed by atoms with van der Waals surface area (Å²) in [4.78, 5) is 32.7. The first-order valence-corrected chi connectivity index (χ1v) is 11.0. The van der Waals surface area contributed by atoms with Gasteiger partial charge in [0.25, 0.3) is 5.56 Å². The maximum atomic E-state index is 13.9. The monoisotopic (exact) mass is 471 g/mol. The van der Waals surface area contributed by atoms with Crippen molar-refractivity contribution in [3.63, 3.8) is 0 Å².